The fraction of sp³-hybridized carbons (Fsp3) is 0.0909. The van der Waals surface area contributed by atoms with Crippen LogP contribution in [0, 0.1) is 5.92 Å². The van der Waals surface area contributed by atoms with Crippen LogP contribution in [0.4, 0.5) is 0 Å². The molecule has 7 heteroatoms. The van der Waals surface area contributed by atoms with Gasteiger partial charge in [0.05, 0.1) is 4.90 Å². The van der Waals surface area contributed by atoms with Crippen LogP contribution in [0.2, 0.25) is 5.02 Å². The second-order valence-corrected chi connectivity index (χ2v) is 8.99. The molecule has 1 aliphatic rings. The highest BCUT2D eigenvalue weighted by molar-refractivity contribution is 7.92. The molecule has 0 aromatic heterocycles. The van der Waals surface area contributed by atoms with Gasteiger partial charge in [0, 0.05) is 16.1 Å². The molecule has 0 saturated heterocycles. The molecule has 0 radical (unpaired) electrons. The number of hydrogen-bond donors (Lipinski definition) is 0. The average Bonchev–Trinajstić information content (AvgIpc) is 3.21. The van der Waals surface area contributed by atoms with Crippen molar-refractivity contribution in [2.24, 2.45) is 11.1 Å². The number of sulfone groups is 1. The molecule has 0 N–H and O–H groups in total. The number of carbonyl (C=O) groups is 1. The summed E-state index contributed by atoms with van der Waals surface area (Å²) < 4.78 is 26.5. The van der Waals surface area contributed by atoms with E-state index in [1.807, 2.05) is 0 Å². The summed E-state index contributed by atoms with van der Waals surface area (Å²) in [4.78, 5) is 18.8. The first-order valence-electron chi connectivity index (χ1n) is 8.86. The number of Topliss-reactive ketones (excluding diaryl/α,β-unsaturated/α-hetero) is 1. The van der Waals surface area contributed by atoms with Gasteiger partial charge >= 0.3 is 0 Å². The Bertz CT molecular complexity index is 1160. The first kappa shape index (κ1) is 19.4. The molecule has 1 heterocycles. The summed E-state index contributed by atoms with van der Waals surface area (Å²) in [5.74, 6) is -1.48. The highest BCUT2D eigenvalue weighted by Gasteiger charge is 2.48. The van der Waals surface area contributed by atoms with E-state index in [-0.39, 0.29) is 16.4 Å². The number of oxime groups is 1. The average molecular weight is 426 g/mol. The van der Waals surface area contributed by atoms with E-state index in [0.29, 0.717) is 16.1 Å². The number of ketones is 1. The summed E-state index contributed by atoms with van der Waals surface area (Å²) in [5.41, 5.74) is -0.226. The van der Waals surface area contributed by atoms with E-state index in [2.05, 4.69) is 5.16 Å². The Balaban J connectivity index is 1.80. The molecule has 29 heavy (non-hydrogen) atoms. The van der Waals surface area contributed by atoms with Crippen molar-refractivity contribution < 1.29 is 18.0 Å². The molecule has 0 amide bonds. The molecule has 1 aliphatic heterocycles. The van der Waals surface area contributed by atoms with Gasteiger partial charge in [-0.1, -0.05) is 77.4 Å². The molecule has 0 aliphatic carbocycles. The molecule has 0 fully saturated rings. The van der Waals surface area contributed by atoms with Gasteiger partial charge in [-0.2, -0.15) is 0 Å². The number of rotatable bonds is 5. The number of benzene rings is 3. The van der Waals surface area contributed by atoms with Gasteiger partial charge in [0.2, 0.25) is 15.3 Å². The lowest BCUT2D eigenvalue weighted by Crippen LogP contribution is -2.37. The van der Waals surface area contributed by atoms with Crippen molar-refractivity contribution >= 4 is 32.9 Å². The van der Waals surface area contributed by atoms with E-state index in [1.165, 1.54) is 12.1 Å². The first-order valence-corrected chi connectivity index (χ1v) is 10.8. The Labute approximate surface area is 173 Å². The molecule has 5 nitrogen and oxygen atoms in total. The van der Waals surface area contributed by atoms with Crippen LogP contribution in [0.15, 0.2) is 95.0 Å². The van der Waals surface area contributed by atoms with Gasteiger partial charge in [0.1, 0.15) is 11.6 Å². The van der Waals surface area contributed by atoms with Crippen LogP contribution < -0.4 is 0 Å². The van der Waals surface area contributed by atoms with Crippen LogP contribution in [-0.2, 0) is 14.7 Å². The Kier molecular flexibility index (Phi) is 5.22. The van der Waals surface area contributed by atoms with E-state index in [0.717, 1.165) is 0 Å². The summed E-state index contributed by atoms with van der Waals surface area (Å²) in [6.45, 7) is 0. The standard InChI is InChI=1S/C22H16ClNO4S/c23-17-13-11-15(12-14-17)20-19(21(25)16-7-3-1-4-8-16)22(28-24-20)29(26,27)18-9-5-2-6-10-18/h1-14,19,22H. The Morgan fingerprint density at radius 1 is 0.862 bits per heavy atom. The number of nitrogens with zero attached hydrogens (tertiary/aromatic N) is 1. The van der Waals surface area contributed by atoms with Crippen LogP contribution in [0.1, 0.15) is 15.9 Å². The van der Waals surface area contributed by atoms with Crippen molar-refractivity contribution in [1.29, 1.82) is 0 Å². The van der Waals surface area contributed by atoms with Crippen molar-refractivity contribution in [1.82, 2.24) is 0 Å². The summed E-state index contributed by atoms with van der Waals surface area (Å²) in [6.07, 6.45) is 0. The minimum absolute atomic E-state index is 0.0726. The number of halogens is 1. The lowest BCUT2D eigenvalue weighted by atomic mass is 9.90. The fourth-order valence-electron chi connectivity index (χ4n) is 3.22. The SMILES string of the molecule is O=C(c1ccccc1)C1C(c2ccc(Cl)cc2)=NOC1S(=O)(=O)c1ccccc1. The van der Waals surface area contributed by atoms with Crippen molar-refractivity contribution in [2.75, 3.05) is 0 Å². The summed E-state index contributed by atoms with van der Waals surface area (Å²) in [5, 5.41) is 4.53. The second-order valence-electron chi connectivity index (χ2n) is 6.52. The van der Waals surface area contributed by atoms with Crippen LogP contribution in [0.25, 0.3) is 0 Å². The molecule has 0 spiro atoms. The van der Waals surface area contributed by atoms with Crippen molar-refractivity contribution in [3.63, 3.8) is 0 Å². The molecule has 0 saturated carbocycles. The largest absolute Gasteiger partial charge is 0.374 e. The maximum absolute atomic E-state index is 13.3. The smallest absolute Gasteiger partial charge is 0.247 e. The van der Waals surface area contributed by atoms with Gasteiger partial charge < -0.3 is 4.84 Å². The fourth-order valence-corrected chi connectivity index (χ4v) is 4.92. The van der Waals surface area contributed by atoms with Gasteiger partial charge in [-0.15, -0.1) is 0 Å². The summed E-state index contributed by atoms with van der Waals surface area (Å²) in [6, 6.07) is 23.1. The van der Waals surface area contributed by atoms with Gasteiger partial charge in [0.25, 0.3) is 0 Å². The van der Waals surface area contributed by atoms with Crippen LogP contribution >= 0.6 is 11.6 Å². The Morgan fingerprint density at radius 2 is 1.45 bits per heavy atom. The lowest BCUT2D eigenvalue weighted by molar-refractivity contribution is 0.0814. The highest BCUT2D eigenvalue weighted by atomic mass is 35.5. The first-order chi connectivity index (χ1) is 14.0. The van der Waals surface area contributed by atoms with Crippen molar-refractivity contribution in [3.8, 4) is 0 Å². The zero-order valence-corrected chi connectivity index (χ0v) is 16.7. The van der Waals surface area contributed by atoms with Crippen molar-refractivity contribution in [2.45, 2.75) is 10.3 Å². The van der Waals surface area contributed by atoms with Crippen molar-refractivity contribution in [3.05, 3.63) is 101 Å². The molecule has 146 valence electrons. The highest BCUT2D eigenvalue weighted by Crippen LogP contribution is 2.33. The van der Waals surface area contributed by atoms with Crippen LogP contribution in [0.3, 0.4) is 0 Å². The van der Waals surface area contributed by atoms with Gasteiger partial charge in [-0.05, 0) is 24.3 Å². The molecule has 4 rings (SSSR count). The van der Waals surface area contributed by atoms with E-state index in [1.54, 1.807) is 72.8 Å². The molecule has 2 unspecified atom stereocenters. The molecular weight excluding hydrogens is 410 g/mol. The third-order valence-corrected chi connectivity index (χ3v) is 6.83. The minimum Gasteiger partial charge on any atom is -0.374 e. The summed E-state index contributed by atoms with van der Waals surface area (Å²) in [7, 11) is -3.97. The molecule has 3 aromatic carbocycles. The predicted molar refractivity (Wildman–Crippen MR) is 111 cm³/mol. The van der Waals surface area contributed by atoms with E-state index in [9.17, 15) is 13.2 Å². The van der Waals surface area contributed by atoms with Gasteiger partial charge in [-0.25, -0.2) is 8.42 Å². The Hall–Kier alpha value is -2.96. The van der Waals surface area contributed by atoms with Crippen LogP contribution in [0.5, 0.6) is 0 Å². The molecule has 3 aromatic rings. The minimum atomic E-state index is -3.97. The summed E-state index contributed by atoms with van der Waals surface area (Å²) >= 11 is 5.96. The topological polar surface area (TPSA) is 72.8 Å². The normalized spacial score (nSPS) is 18.7. The third kappa shape index (κ3) is 3.69. The van der Waals surface area contributed by atoms with Gasteiger partial charge in [-0.3, -0.25) is 4.79 Å². The zero-order valence-electron chi connectivity index (χ0n) is 15.1. The molecular formula is C22H16ClNO4S. The molecule has 2 atom stereocenters. The zero-order chi connectivity index (χ0) is 20.4. The predicted octanol–water partition coefficient (Wildman–Crippen LogP) is 4.37. The van der Waals surface area contributed by atoms with E-state index >= 15 is 0 Å². The van der Waals surface area contributed by atoms with E-state index < -0.39 is 21.2 Å². The quantitative estimate of drug-likeness (QED) is 0.569. The second kappa shape index (κ2) is 7.81. The third-order valence-electron chi connectivity index (χ3n) is 4.68. The maximum atomic E-state index is 13.3. The monoisotopic (exact) mass is 425 g/mol. The number of hydrogen-bond acceptors (Lipinski definition) is 5. The Morgan fingerprint density at radius 3 is 2.07 bits per heavy atom. The lowest BCUT2D eigenvalue weighted by Gasteiger charge is -2.18. The number of carbonyl (C=O) groups excluding carboxylic acids is 1. The van der Waals surface area contributed by atoms with Crippen LogP contribution in [-0.4, -0.2) is 25.3 Å². The maximum Gasteiger partial charge on any atom is 0.247 e. The van der Waals surface area contributed by atoms with Gasteiger partial charge in [0.15, 0.2) is 5.78 Å². The molecule has 0 bridgehead atoms. The van der Waals surface area contributed by atoms with E-state index in [4.69, 9.17) is 16.4 Å².